The van der Waals surface area contributed by atoms with E-state index in [1.54, 1.807) is 56.5 Å². The first-order valence-electron chi connectivity index (χ1n) is 11.0. The van der Waals surface area contributed by atoms with Gasteiger partial charge in [0.2, 0.25) is 10.0 Å². The van der Waals surface area contributed by atoms with Gasteiger partial charge >= 0.3 is 6.61 Å². The molecule has 0 saturated heterocycles. The Hall–Kier alpha value is -2.89. The lowest BCUT2D eigenvalue weighted by Crippen LogP contribution is -2.30. The minimum absolute atomic E-state index is 0.0979. The smallest absolute Gasteiger partial charge is 0.387 e. The molecule has 4 aromatic rings. The van der Waals surface area contributed by atoms with Gasteiger partial charge in [0, 0.05) is 18.8 Å². The van der Waals surface area contributed by atoms with Crippen LogP contribution in [0.15, 0.2) is 75.3 Å². The number of hydrogen-bond acceptors (Lipinski definition) is 6. The molecule has 0 saturated carbocycles. The fourth-order valence-corrected chi connectivity index (χ4v) is 6.15. The van der Waals surface area contributed by atoms with Crippen LogP contribution in [-0.2, 0) is 22.3 Å². The van der Waals surface area contributed by atoms with Crippen molar-refractivity contribution in [3.8, 4) is 5.75 Å². The van der Waals surface area contributed by atoms with Crippen LogP contribution in [0, 0.1) is 0 Å². The minimum Gasteiger partial charge on any atom is -0.467 e. The molecule has 0 amide bonds. The van der Waals surface area contributed by atoms with Crippen LogP contribution in [0.25, 0.3) is 11.0 Å². The first kappa shape index (κ1) is 25.2. The van der Waals surface area contributed by atoms with Gasteiger partial charge in [-0.15, -0.1) is 0 Å². The first-order chi connectivity index (χ1) is 16.8. The topological polar surface area (TPSA) is 77.6 Å². The van der Waals surface area contributed by atoms with E-state index in [1.165, 1.54) is 28.2 Å². The van der Waals surface area contributed by atoms with Crippen LogP contribution in [0.4, 0.5) is 8.78 Å². The number of rotatable bonds is 11. The van der Waals surface area contributed by atoms with E-state index in [1.807, 2.05) is 10.6 Å². The number of imidazole rings is 1. The van der Waals surface area contributed by atoms with Gasteiger partial charge in [0.15, 0.2) is 5.16 Å². The molecular formula is C24H25F2N3O4S2. The van der Waals surface area contributed by atoms with E-state index in [0.717, 1.165) is 16.8 Å². The van der Waals surface area contributed by atoms with E-state index in [9.17, 15) is 17.2 Å². The van der Waals surface area contributed by atoms with Gasteiger partial charge < -0.3 is 13.7 Å². The second kappa shape index (κ2) is 10.8. The summed E-state index contributed by atoms with van der Waals surface area (Å²) in [5.74, 6) is 1.36. The van der Waals surface area contributed by atoms with Gasteiger partial charge in [-0.2, -0.15) is 13.1 Å². The third kappa shape index (κ3) is 5.68. The lowest BCUT2D eigenvalue weighted by Gasteiger charge is -2.18. The van der Waals surface area contributed by atoms with Crippen molar-refractivity contribution in [2.24, 2.45) is 0 Å². The van der Waals surface area contributed by atoms with Gasteiger partial charge in [-0.05, 0) is 48.0 Å². The number of fused-ring (bicyclic) bond motifs is 1. The summed E-state index contributed by atoms with van der Waals surface area (Å²) in [5.41, 5.74) is 2.24. The number of hydrogen-bond donors (Lipinski definition) is 0. The predicted octanol–water partition coefficient (Wildman–Crippen LogP) is 5.60. The summed E-state index contributed by atoms with van der Waals surface area (Å²) in [6, 6.07) is 15.1. The number of benzene rings is 2. The van der Waals surface area contributed by atoms with E-state index < -0.39 is 16.6 Å². The Balaban J connectivity index is 1.65. The molecule has 2 aromatic heterocycles. The Morgan fingerprint density at radius 1 is 1.11 bits per heavy atom. The second-order valence-corrected chi connectivity index (χ2v) is 10.5. The Kier molecular flexibility index (Phi) is 7.78. The van der Waals surface area contributed by atoms with Gasteiger partial charge in [-0.3, -0.25) is 0 Å². The zero-order valence-electron chi connectivity index (χ0n) is 19.2. The molecule has 4 rings (SSSR count). The molecule has 0 aliphatic carbocycles. The molecule has 0 aliphatic heterocycles. The largest absolute Gasteiger partial charge is 0.467 e. The highest BCUT2D eigenvalue weighted by Gasteiger charge is 2.23. The third-order valence-corrected chi connectivity index (χ3v) is 8.53. The third-order valence-electron chi connectivity index (χ3n) is 5.44. The van der Waals surface area contributed by atoms with Crippen molar-refractivity contribution in [2.45, 2.75) is 42.8 Å². The molecule has 186 valence electrons. The lowest BCUT2D eigenvalue weighted by molar-refractivity contribution is -0.0498. The maximum Gasteiger partial charge on any atom is 0.387 e. The molecule has 0 N–H and O–H groups in total. The summed E-state index contributed by atoms with van der Waals surface area (Å²) >= 11 is 1.46. The van der Waals surface area contributed by atoms with Gasteiger partial charge in [-0.1, -0.05) is 37.7 Å². The van der Waals surface area contributed by atoms with Crippen LogP contribution in [0.2, 0.25) is 0 Å². The Morgan fingerprint density at radius 3 is 2.49 bits per heavy atom. The SMILES string of the molecule is CCN(CC)S(=O)(=O)c1ccc2c(c1)nc(SCc1ccc(OC(F)F)cc1)n2Cc1ccco1. The highest BCUT2D eigenvalue weighted by atomic mass is 32.2. The molecule has 0 atom stereocenters. The molecule has 0 aliphatic rings. The monoisotopic (exact) mass is 521 g/mol. The normalized spacial score (nSPS) is 12.2. The van der Waals surface area contributed by atoms with Crippen LogP contribution < -0.4 is 4.74 Å². The number of nitrogens with zero attached hydrogens (tertiary/aromatic N) is 3. The molecular weight excluding hydrogens is 496 g/mol. The van der Waals surface area contributed by atoms with E-state index in [2.05, 4.69) is 4.74 Å². The van der Waals surface area contributed by atoms with Crippen LogP contribution in [0.5, 0.6) is 5.75 Å². The quantitative estimate of drug-likeness (QED) is 0.239. The Labute approximate surface area is 206 Å². The standard InChI is InChI=1S/C24H25F2N3O4S2/c1-3-28(4-2)35(30,31)20-11-12-22-21(14-20)27-24(29(22)15-19-6-5-13-32-19)34-16-17-7-9-18(10-8-17)33-23(25)26/h5-14,23H,3-4,15-16H2,1-2H3. The van der Waals surface area contributed by atoms with E-state index in [-0.39, 0.29) is 10.6 Å². The predicted molar refractivity (Wildman–Crippen MR) is 130 cm³/mol. The summed E-state index contributed by atoms with van der Waals surface area (Å²) in [6.45, 7) is 1.93. The van der Waals surface area contributed by atoms with Crippen molar-refractivity contribution in [3.63, 3.8) is 0 Å². The van der Waals surface area contributed by atoms with Gasteiger partial charge in [0.05, 0.1) is 28.7 Å². The summed E-state index contributed by atoms with van der Waals surface area (Å²) < 4.78 is 64.1. The fraction of sp³-hybridized carbons (Fsp3) is 0.292. The molecule has 2 aromatic carbocycles. The average molecular weight is 522 g/mol. The van der Waals surface area contributed by atoms with Gasteiger partial charge in [-0.25, -0.2) is 13.4 Å². The zero-order valence-corrected chi connectivity index (χ0v) is 20.9. The van der Waals surface area contributed by atoms with E-state index in [4.69, 9.17) is 9.40 Å². The number of halogens is 2. The van der Waals surface area contributed by atoms with Crippen molar-refractivity contribution in [3.05, 3.63) is 72.2 Å². The molecule has 0 spiro atoms. The number of alkyl halides is 2. The van der Waals surface area contributed by atoms with Crippen molar-refractivity contribution in [1.82, 2.24) is 13.9 Å². The maximum absolute atomic E-state index is 13.0. The number of aromatic nitrogens is 2. The van der Waals surface area contributed by atoms with Crippen LogP contribution in [0.1, 0.15) is 25.2 Å². The van der Waals surface area contributed by atoms with Crippen molar-refractivity contribution >= 4 is 32.8 Å². The second-order valence-electron chi connectivity index (χ2n) is 7.61. The Morgan fingerprint density at radius 2 is 1.86 bits per heavy atom. The van der Waals surface area contributed by atoms with Gasteiger partial charge in [0.1, 0.15) is 11.5 Å². The number of thioether (sulfide) groups is 1. The lowest BCUT2D eigenvalue weighted by atomic mass is 10.2. The minimum atomic E-state index is -3.62. The number of furan rings is 1. The average Bonchev–Trinajstić information content (AvgIpc) is 3.47. The molecule has 7 nitrogen and oxygen atoms in total. The van der Waals surface area contributed by atoms with E-state index in [0.29, 0.717) is 36.1 Å². The first-order valence-corrected chi connectivity index (χ1v) is 13.4. The molecule has 2 heterocycles. The Bertz CT molecular complexity index is 1370. The molecule has 0 bridgehead atoms. The number of ether oxygens (including phenoxy) is 1. The highest BCUT2D eigenvalue weighted by molar-refractivity contribution is 7.98. The van der Waals surface area contributed by atoms with Crippen molar-refractivity contribution < 1.29 is 26.4 Å². The zero-order chi connectivity index (χ0) is 25.0. The highest BCUT2D eigenvalue weighted by Crippen LogP contribution is 2.30. The molecule has 11 heteroatoms. The van der Waals surface area contributed by atoms with Crippen LogP contribution in [0.3, 0.4) is 0 Å². The summed E-state index contributed by atoms with van der Waals surface area (Å²) in [7, 11) is -3.62. The van der Waals surface area contributed by atoms with Gasteiger partial charge in [0.25, 0.3) is 0 Å². The molecule has 0 radical (unpaired) electrons. The van der Waals surface area contributed by atoms with E-state index >= 15 is 0 Å². The fourth-order valence-electron chi connectivity index (χ4n) is 3.70. The summed E-state index contributed by atoms with van der Waals surface area (Å²) in [5, 5.41) is 0.682. The van der Waals surface area contributed by atoms with Crippen molar-refractivity contribution in [1.29, 1.82) is 0 Å². The van der Waals surface area contributed by atoms with Crippen molar-refractivity contribution in [2.75, 3.05) is 13.1 Å². The number of sulfonamides is 1. The molecule has 0 fully saturated rings. The summed E-state index contributed by atoms with van der Waals surface area (Å²) in [6.07, 6.45) is 1.60. The molecule has 0 unspecified atom stereocenters. The summed E-state index contributed by atoms with van der Waals surface area (Å²) in [4.78, 5) is 4.92. The molecule has 35 heavy (non-hydrogen) atoms. The maximum atomic E-state index is 13.0. The van der Waals surface area contributed by atoms with Crippen LogP contribution >= 0.6 is 11.8 Å². The van der Waals surface area contributed by atoms with Crippen LogP contribution in [-0.4, -0.2) is 42.0 Å².